The first-order valence-electron chi connectivity index (χ1n) is 9.16. The molecular weight excluding hydrogens is 372 g/mol. The van der Waals surface area contributed by atoms with E-state index in [0.717, 1.165) is 32.9 Å². The maximum absolute atomic E-state index is 13.3. The van der Waals surface area contributed by atoms with Gasteiger partial charge in [0.15, 0.2) is 5.69 Å². The molecule has 7 nitrogen and oxygen atoms in total. The summed E-state index contributed by atoms with van der Waals surface area (Å²) in [4.78, 5) is 19.6. The fourth-order valence-corrected chi connectivity index (χ4v) is 4.51. The summed E-state index contributed by atoms with van der Waals surface area (Å²) in [5.74, 6) is -0.0741. The van der Waals surface area contributed by atoms with Crippen LogP contribution in [0, 0.1) is 6.92 Å². The number of carbonyl (C=O) groups is 1. The molecule has 0 N–H and O–H groups in total. The van der Waals surface area contributed by atoms with E-state index in [9.17, 15) is 4.79 Å². The van der Waals surface area contributed by atoms with Gasteiger partial charge in [-0.2, -0.15) is 4.37 Å². The van der Waals surface area contributed by atoms with Crippen LogP contribution in [-0.4, -0.2) is 36.8 Å². The van der Waals surface area contributed by atoms with Gasteiger partial charge in [0, 0.05) is 30.1 Å². The van der Waals surface area contributed by atoms with Crippen molar-refractivity contribution >= 4 is 33.3 Å². The van der Waals surface area contributed by atoms with E-state index in [2.05, 4.69) is 19.7 Å². The molecule has 0 saturated carbocycles. The first-order chi connectivity index (χ1) is 13.6. The molecule has 1 aliphatic heterocycles. The summed E-state index contributed by atoms with van der Waals surface area (Å²) in [5.41, 5.74) is 4.16. The Hall–Kier alpha value is -3.13. The van der Waals surface area contributed by atoms with Crippen LogP contribution in [0.2, 0.25) is 0 Å². The van der Waals surface area contributed by atoms with Gasteiger partial charge in [-0.05, 0) is 37.5 Å². The topological polar surface area (TPSA) is 76.8 Å². The molecule has 0 bridgehead atoms. The maximum Gasteiger partial charge on any atom is 0.279 e. The third kappa shape index (κ3) is 2.60. The molecule has 140 valence electrons. The van der Waals surface area contributed by atoms with Crippen molar-refractivity contribution in [2.45, 2.75) is 26.3 Å². The van der Waals surface area contributed by atoms with Crippen LogP contribution in [0.5, 0.6) is 0 Å². The van der Waals surface area contributed by atoms with Crippen LogP contribution in [0.15, 0.2) is 42.6 Å². The number of benzene rings is 1. The Balaban J connectivity index is 1.58. The summed E-state index contributed by atoms with van der Waals surface area (Å²) < 4.78 is 6.05. The van der Waals surface area contributed by atoms with Crippen LogP contribution in [0.1, 0.15) is 40.4 Å². The highest BCUT2D eigenvalue weighted by Gasteiger charge is 2.33. The zero-order chi connectivity index (χ0) is 19.3. The van der Waals surface area contributed by atoms with Crippen LogP contribution < -0.4 is 4.90 Å². The fraction of sp³-hybridized carbons (Fsp3) is 0.250. The number of pyridine rings is 1. The molecule has 1 unspecified atom stereocenters. The molecule has 0 spiro atoms. The van der Waals surface area contributed by atoms with Crippen LogP contribution in [0.4, 0.5) is 5.00 Å². The third-order valence-corrected chi connectivity index (χ3v) is 6.05. The van der Waals surface area contributed by atoms with E-state index in [1.54, 1.807) is 15.8 Å². The molecule has 1 aromatic carbocycles. The van der Waals surface area contributed by atoms with Gasteiger partial charge >= 0.3 is 0 Å². The summed E-state index contributed by atoms with van der Waals surface area (Å²) in [7, 11) is 0. The fourth-order valence-electron chi connectivity index (χ4n) is 3.72. The number of aromatic nitrogens is 5. The van der Waals surface area contributed by atoms with Gasteiger partial charge in [-0.25, -0.2) is 4.68 Å². The predicted octanol–water partition coefficient (Wildman–Crippen LogP) is 3.40. The van der Waals surface area contributed by atoms with E-state index in [0.29, 0.717) is 18.7 Å². The summed E-state index contributed by atoms with van der Waals surface area (Å²) in [6.07, 6.45) is 2.47. The van der Waals surface area contributed by atoms with Crippen molar-refractivity contribution in [1.29, 1.82) is 0 Å². The Morgan fingerprint density at radius 2 is 2.07 bits per heavy atom. The monoisotopic (exact) mass is 390 g/mol. The van der Waals surface area contributed by atoms with Crippen molar-refractivity contribution in [3.63, 3.8) is 0 Å². The van der Waals surface area contributed by atoms with Gasteiger partial charge in [0.25, 0.3) is 5.91 Å². The lowest BCUT2D eigenvalue weighted by Crippen LogP contribution is -2.39. The number of fused-ring (bicyclic) bond motifs is 2. The first-order valence-corrected chi connectivity index (χ1v) is 9.93. The second kappa shape index (κ2) is 6.49. The standard InChI is InChI=1S/C20H18N6OS/c1-12-11-17(28-23-12)25-10-8-16-19(20(25)27)26(24-22-16)13(2)15-7-3-5-14-6-4-9-21-18(14)15/h3-7,9,11,13H,8,10H2,1-2H3. The lowest BCUT2D eigenvalue weighted by atomic mass is 10.0. The van der Waals surface area contributed by atoms with Crippen LogP contribution in [-0.2, 0) is 6.42 Å². The average molecular weight is 390 g/mol. The Morgan fingerprint density at radius 1 is 1.21 bits per heavy atom. The second-order valence-corrected chi connectivity index (χ2v) is 7.72. The number of carbonyl (C=O) groups excluding carboxylic acids is 1. The number of hydrogen-bond acceptors (Lipinski definition) is 6. The van der Waals surface area contributed by atoms with E-state index < -0.39 is 0 Å². The lowest BCUT2D eigenvalue weighted by Gasteiger charge is -2.26. The van der Waals surface area contributed by atoms with E-state index in [4.69, 9.17) is 0 Å². The van der Waals surface area contributed by atoms with Gasteiger partial charge in [-0.1, -0.05) is 29.5 Å². The highest BCUT2D eigenvalue weighted by molar-refractivity contribution is 7.10. The number of hydrogen-bond donors (Lipinski definition) is 0. The molecular formula is C20H18N6OS. The molecule has 28 heavy (non-hydrogen) atoms. The largest absolute Gasteiger partial charge is 0.297 e. The van der Waals surface area contributed by atoms with Crippen molar-refractivity contribution in [1.82, 2.24) is 24.4 Å². The Kier molecular flexibility index (Phi) is 3.94. The van der Waals surface area contributed by atoms with Crippen molar-refractivity contribution in [3.05, 3.63) is 65.2 Å². The molecule has 5 rings (SSSR count). The molecule has 0 fully saturated rings. The number of anilines is 1. The molecule has 4 aromatic rings. The van der Waals surface area contributed by atoms with Crippen molar-refractivity contribution in [2.24, 2.45) is 0 Å². The average Bonchev–Trinajstić information content (AvgIpc) is 3.34. The van der Waals surface area contributed by atoms with Crippen LogP contribution in [0.25, 0.3) is 10.9 Å². The predicted molar refractivity (Wildman–Crippen MR) is 108 cm³/mol. The number of para-hydroxylation sites is 1. The Bertz CT molecular complexity index is 1190. The molecule has 4 heterocycles. The summed E-state index contributed by atoms with van der Waals surface area (Å²) in [6, 6.07) is 11.8. The summed E-state index contributed by atoms with van der Waals surface area (Å²) >= 11 is 1.34. The lowest BCUT2D eigenvalue weighted by molar-refractivity contribution is 0.0969. The minimum absolute atomic E-state index is 0.0741. The van der Waals surface area contributed by atoms with Gasteiger partial charge < -0.3 is 0 Å². The minimum Gasteiger partial charge on any atom is -0.297 e. The van der Waals surface area contributed by atoms with Crippen molar-refractivity contribution in [3.8, 4) is 0 Å². The van der Waals surface area contributed by atoms with E-state index >= 15 is 0 Å². The van der Waals surface area contributed by atoms with E-state index in [1.807, 2.05) is 50.2 Å². The quantitative estimate of drug-likeness (QED) is 0.536. The van der Waals surface area contributed by atoms with E-state index in [1.165, 1.54) is 11.5 Å². The zero-order valence-electron chi connectivity index (χ0n) is 15.5. The SMILES string of the molecule is Cc1cc(N2CCc3nnn(C(C)c4cccc5cccnc45)c3C2=O)sn1. The molecule has 0 radical (unpaired) electrons. The number of amides is 1. The molecule has 1 atom stereocenters. The number of nitrogens with zero attached hydrogens (tertiary/aromatic N) is 6. The normalized spacial score (nSPS) is 15.1. The van der Waals surface area contributed by atoms with Crippen LogP contribution >= 0.6 is 11.5 Å². The summed E-state index contributed by atoms with van der Waals surface area (Å²) in [6.45, 7) is 4.55. The van der Waals surface area contributed by atoms with Gasteiger partial charge in [-0.15, -0.1) is 5.10 Å². The highest BCUT2D eigenvalue weighted by Crippen LogP contribution is 2.31. The smallest absolute Gasteiger partial charge is 0.279 e. The van der Waals surface area contributed by atoms with Gasteiger partial charge in [-0.3, -0.25) is 14.7 Å². The molecule has 0 saturated heterocycles. The van der Waals surface area contributed by atoms with Gasteiger partial charge in [0.1, 0.15) is 5.00 Å². The molecule has 3 aromatic heterocycles. The Labute approximate surface area is 165 Å². The second-order valence-electron chi connectivity index (χ2n) is 6.94. The Morgan fingerprint density at radius 3 is 2.89 bits per heavy atom. The number of rotatable bonds is 3. The van der Waals surface area contributed by atoms with Gasteiger partial charge in [0.05, 0.1) is 22.9 Å². The summed E-state index contributed by atoms with van der Waals surface area (Å²) in [5, 5.41) is 10.6. The minimum atomic E-state index is -0.165. The molecule has 1 aliphatic rings. The van der Waals surface area contributed by atoms with Crippen LogP contribution in [0.3, 0.4) is 0 Å². The van der Waals surface area contributed by atoms with Gasteiger partial charge in [0.2, 0.25) is 0 Å². The van der Waals surface area contributed by atoms with Crippen molar-refractivity contribution in [2.75, 3.05) is 11.4 Å². The molecule has 8 heteroatoms. The first kappa shape index (κ1) is 17.0. The third-order valence-electron chi connectivity index (χ3n) is 5.15. The molecule has 0 aliphatic carbocycles. The maximum atomic E-state index is 13.3. The molecule has 1 amide bonds. The number of aryl methyl sites for hydroxylation is 1. The van der Waals surface area contributed by atoms with Crippen molar-refractivity contribution < 1.29 is 4.79 Å². The highest BCUT2D eigenvalue weighted by atomic mass is 32.1. The zero-order valence-corrected chi connectivity index (χ0v) is 16.3. The van der Waals surface area contributed by atoms with E-state index in [-0.39, 0.29) is 11.9 Å².